The maximum Gasteiger partial charge on any atom is 0.277 e. The Morgan fingerprint density at radius 2 is 1.89 bits per heavy atom. The van der Waals surface area contributed by atoms with Crippen LogP contribution in [0.5, 0.6) is 0 Å². The van der Waals surface area contributed by atoms with Crippen LogP contribution in [-0.4, -0.2) is 39.2 Å². The lowest BCUT2D eigenvalue weighted by Crippen LogP contribution is -2.29. The van der Waals surface area contributed by atoms with E-state index >= 15 is 0 Å². The summed E-state index contributed by atoms with van der Waals surface area (Å²) in [6.07, 6.45) is 6.72. The van der Waals surface area contributed by atoms with E-state index in [1.54, 1.807) is 5.48 Å². The molecule has 7 nitrogen and oxygen atoms in total. The summed E-state index contributed by atoms with van der Waals surface area (Å²) in [5.41, 5.74) is 4.19. The summed E-state index contributed by atoms with van der Waals surface area (Å²) in [4.78, 5) is 25.3. The molecule has 0 unspecified atom stereocenters. The highest BCUT2D eigenvalue weighted by Gasteiger charge is 2.12. The van der Waals surface area contributed by atoms with E-state index in [4.69, 9.17) is 5.21 Å². The first-order valence-electron chi connectivity index (χ1n) is 9.29. The summed E-state index contributed by atoms with van der Waals surface area (Å²) in [6.45, 7) is 7.71. The number of amides is 1. The number of carbonyl (C=O) groups excluding carboxylic acids is 1. The van der Waals surface area contributed by atoms with Crippen molar-refractivity contribution in [3.05, 3.63) is 54.0 Å². The van der Waals surface area contributed by atoms with Crippen molar-refractivity contribution in [1.29, 1.82) is 0 Å². The quantitative estimate of drug-likeness (QED) is 0.437. The van der Waals surface area contributed by atoms with E-state index < -0.39 is 5.91 Å². The Morgan fingerprint density at radius 1 is 1.19 bits per heavy atom. The van der Waals surface area contributed by atoms with E-state index in [1.807, 2.05) is 32.2 Å². The molecule has 1 amide bonds. The zero-order chi connectivity index (χ0) is 19.6. The Bertz CT molecular complexity index is 845. The lowest BCUT2D eigenvalue weighted by molar-refractivity contribution is 0.0705. The standard InChI is InChI=1S/C18H21N5O2.C2H6/c1-2-8-23(18-20-11-14(12-21-18)17(24)22-25)9-7-13-10-19-16-6-4-3-5-15(13)16;1-2/h3-6,10-12,19,25H,2,7-9H2,1H3,(H,22,24);1-2H3. The maximum atomic E-state index is 11.4. The minimum Gasteiger partial charge on any atom is -0.361 e. The molecule has 27 heavy (non-hydrogen) atoms. The van der Waals surface area contributed by atoms with Gasteiger partial charge in [-0.05, 0) is 24.5 Å². The highest BCUT2D eigenvalue weighted by atomic mass is 16.5. The Kier molecular flexibility index (Phi) is 7.76. The fraction of sp³-hybridized carbons (Fsp3) is 0.350. The lowest BCUT2D eigenvalue weighted by atomic mass is 10.1. The van der Waals surface area contributed by atoms with Crippen molar-refractivity contribution in [2.45, 2.75) is 33.6 Å². The van der Waals surface area contributed by atoms with Crippen LogP contribution in [-0.2, 0) is 6.42 Å². The van der Waals surface area contributed by atoms with Gasteiger partial charge < -0.3 is 9.88 Å². The Balaban J connectivity index is 0.00000126. The molecule has 0 aliphatic carbocycles. The highest BCUT2D eigenvalue weighted by molar-refractivity contribution is 5.92. The van der Waals surface area contributed by atoms with Crippen LogP contribution < -0.4 is 10.4 Å². The van der Waals surface area contributed by atoms with Crippen LogP contribution in [0.25, 0.3) is 10.9 Å². The zero-order valence-electron chi connectivity index (χ0n) is 16.1. The van der Waals surface area contributed by atoms with E-state index in [1.165, 1.54) is 23.3 Å². The van der Waals surface area contributed by atoms with E-state index in [2.05, 4.69) is 38.9 Å². The van der Waals surface area contributed by atoms with Crippen molar-refractivity contribution in [2.24, 2.45) is 0 Å². The number of para-hydroxylation sites is 1. The summed E-state index contributed by atoms with van der Waals surface area (Å²) in [5.74, 6) is -0.0384. The molecule has 3 rings (SSSR count). The van der Waals surface area contributed by atoms with Crippen LogP contribution >= 0.6 is 0 Å². The third-order valence-electron chi connectivity index (χ3n) is 4.10. The molecule has 7 heteroatoms. The van der Waals surface area contributed by atoms with Crippen molar-refractivity contribution >= 4 is 22.8 Å². The maximum absolute atomic E-state index is 11.4. The molecule has 0 saturated carbocycles. The smallest absolute Gasteiger partial charge is 0.277 e. The number of aromatic amines is 1. The van der Waals surface area contributed by atoms with Crippen LogP contribution in [0.2, 0.25) is 0 Å². The average Bonchev–Trinajstić information content (AvgIpc) is 3.15. The fourth-order valence-corrected chi connectivity index (χ4v) is 2.84. The number of nitrogens with one attached hydrogen (secondary N) is 2. The number of aromatic nitrogens is 3. The number of nitrogens with zero attached hydrogens (tertiary/aromatic N) is 3. The summed E-state index contributed by atoms with van der Waals surface area (Å²) in [6, 6.07) is 8.24. The number of benzene rings is 1. The Morgan fingerprint density at radius 3 is 2.56 bits per heavy atom. The van der Waals surface area contributed by atoms with E-state index in [9.17, 15) is 4.79 Å². The number of hydrogen-bond donors (Lipinski definition) is 3. The van der Waals surface area contributed by atoms with Gasteiger partial charge in [-0.3, -0.25) is 10.0 Å². The molecule has 1 aromatic carbocycles. The number of rotatable bonds is 7. The second kappa shape index (κ2) is 10.3. The monoisotopic (exact) mass is 369 g/mol. The third-order valence-corrected chi connectivity index (χ3v) is 4.10. The minimum absolute atomic E-state index is 0.222. The van der Waals surface area contributed by atoms with Gasteiger partial charge in [0.15, 0.2) is 0 Å². The van der Waals surface area contributed by atoms with E-state index in [-0.39, 0.29) is 5.56 Å². The van der Waals surface area contributed by atoms with Gasteiger partial charge in [0.25, 0.3) is 5.91 Å². The molecule has 0 bridgehead atoms. The molecule has 0 saturated heterocycles. The van der Waals surface area contributed by atoms with Gasteiger partial charge in [-0.1, -0.05) is 39.0 Å². The first-order valence-corrected chi connectivity index (χ1v) is 9.29. The van der Waals surface area contributed by atoms with Gasteiger partial charge in [-0.15, -0.1) is 0 Å². The number of fused-ring (bicyclic) bond motifs is 1. The second-order valence-electron chi connectivity index (χ2n) is 5.81. The van der Waals surface area contributed by atoms with Crippen molar-refractivity contribution in [2.75, 3.05) is 18.0 Å². The molecular formula is C20H27N5O2. The van der Waals surface area contributed by atoms with Gasteiger partial charge >= 0.3 is 0 Å². The molecule has 3 N–H and O–H groups in total. The summed E-state index contributed by atoms with van der Waals surface area (Å²) in [7, 11) is 0. The van der Waals surface area contributed by atoms with Gasteiger partial charge in [-0.25, -0.2) is 15.4 Å². The number of H-pyrrole nitrogens is 1. The molecular weight excluding hydrogens is 342 g/mol. The first kappa shape index (κ1) is 20.4. The topological polar surface area (TPSA) is 94.1 Å². The van der Waals surface area contributed by atoms with Crippen molar-refractivity contribution in [3.63, 3.8) is 0 Å². The summed E-state index contributed by atoms with van der Waals surface area (Å²) < 4.78 is 0. The van der Waals surface area contributed by atoms with Gasteiger partial charge in [0.05, 0.1) is 5.56 Å². The molecule has 0 aliphatic rings. The van der Waals surface area contributed by atoms with Crippen LogP contribution in [0.1, 0.15) is 43.1 Å². The largest absolute Gasteiger partial charge is 0.361 e. The molecule has 144 valence electrons. The average molecular weight is 369 g/mol. The molecule has 0 fully saturated rings. The van der Waals surface area contributed by atoms with Crippen molar-refractivity contribution in [1.82, 2.24) is 20.4 Å². The van der Waals surface area contributed by atoms with Crippen molar-refractivity contribution in [3.8, 4) is 0 Å². The predicted molar refractivity (Wildman–Crippen MR) is 107 cm³/mol. The van der Waals surface area contributed by atoms with Gasteiger partial charge in [0.2, 0.25) is 5.95 Å². The second-order valence-corrected chi connectivity index (χ2v) is 5.81. The molecule has 0 aliphatic heterocycles. The van der Waals surface area contributed by atoms with E-state index in [0.717, 1.165) is 31.4 Å². The molecule has 0 spiro atoms. The number of hydroxylamine groups is 1. The highest BCUT2D eigenvalue weighted by Crippen LogP contribution is 2.19. The number of carbonyl (C=O) groups is 1. The normalized spacial score (nSPS) is 10.2. The number of anilines is 1. The molecule has 0 atom stereocenters. The van der Waals surface area contributed by atoms with Gasteiger partial charge in [0, 0.05) is 42.6 Å². The third kappa shape index (κ3) is 5.04. The summed E-state index contributed by atoms with van der Waals surface area (Å²) >= 11 is 0. The lowest BCUT2D eigenvalue weighted by Gasteiger charge is -2.21. The molecule has 2 aromatic heterocycles. The minimum atomic E-state index is -0.618. The van der Waals surface area contributed by atoms with E-state index in [0.29, 0.717) is 5.95 Å². The molecule has 2 heterocycles. The number of hydrogen-bond acceptors (Lipinski definition) is 5. The van der Waals surface area contributed by atoms with Crippen LogP contribution in [0, 0.1) is 0 Å². The van der Waals surface area contributed by atoms with Crippen LogP contribution in [0.3, 0.4) is 0 Å². The predicted octanol–water partition coefficient (Wildman–Crippen LogP) is 3.56. The Hall–Kier alpha value is -2.93. The molecule has 0 radical (unpaired) electrons. The SMILES string of the molecule is CC.CCCN(CCc1c[nH]c2ccccc12)c1ncc(C(=O)NO)cn1. The first-order chi connectivity index (χ1) is 13.2. The van der Waals surface area contributed by atoms with Gasteiger partial charge in [-0.2, -0.15) is 0 Å². The van der Waals surface area contributed by atoms with Gasteiger partial charge in [0.1, 0.15) is 0 Å². The Labute approximate surface area is 159 Å². The van der Waals surface area contributed by atoms with Crippen molar-refractivity contribution < 1.29 is 10.0 Å². The zero-order valence-corrected chi connectivity index (χ0v) is 16.1. The molecule has 3 aromatic rings. The summed E-state index contributed by atoms with van der Waals surface area (Å²) in [5, 5.41) is 9.89. The fourth-order valence-electron chi connectivity index (χ4n) is 2.84. The van der Waals surface area contributed by atoms with Crippen LogP contribution in [0.4, 0.5) is 5.95 Å². The van der Waals surface area contributed by atoms with Crippen LogP contribution in [0.15, 0.2) is 42.9 Å².